The van der Waals surface area contributed by atoms with Crippen molar-refractivity contribution in [3.8, 4) is 0 Å². The lowest BCUT2D eigenvalue weighted by Crippen LogP contribution is -2.04. The molecule has 0 aromatic heterocycles. The molecular weight excluding hydrogens is 78.0 g/mol. The number of nitrogens with one attached hydrogen (secondary N) is 1. The SMILES string of the molecule is C=C(NC)OC. The van der Waals surface area contributed by atoms with Crippen LogP contribution in [0.4, 0.5) is 0 Å². The summed E-state index contributed by atoms with van der Waals surface area (Å²) in [7, 11) is 3.32. The van der Waals surface area contributed by atoms with E-state index in [0.29, 0.717) is 5.88 Å². The van der Waals surface area contributed by atoms with Crippen LogP contribution in [-0.4, -0.2) is 14.2 Å². The van der Waals surface area contributed by atoms with Crippen LogP contribution < -0.4 is 5.32 Å². The molecule has 2 heteroatoms. The highest BCUT2D eigenvalue weighted by Gasteiger charge is 1.74. The maximum Gasteiger partial charge on any atom is 0.178 e. The number of rotatable bonds is 2. The van der Waals surface area contributed by atoms with Gasteiger partial charge in [-0.15, -0.1) is 0 Å². The van der Waals surface area contributed by atoms with Crippen LogP contribution in [-0.2, 0) is 4.74 Å². The summed E-state index contributed by atoms with van der Waals surface area (Å²) in [4.78, 5) is 0. The van der Waals surface area contributed by atoms with Gasteiger partial charge in [0.2, 0.25) is 0 Å². The quantitative estimate of drug-likeness (QED) is 0.490. The van der Waals surface area contributed by atoms with Gasteiger partial charge in [0.15, 0.2) is 5.88 Å². The van der Waals surface area contributed by atoms with Crippen LogP contribution in [0.2, 0.25) is 0 Å². The molecule has 0 aromatic carbocycles. The Morgan fingerprint density at radius 3 is 2.33 bits per heavy atom. The van der Waals surface area contributed by atoms with Crippen LogP contribution >= 0.6 is 0 Å². The first-order chi connectivity index (χ1) is 2.81. The van der Waals surface area contributed by atoms with Crippen molar-refractivity contribution in [3.63, 3.8) is 0 Å². The third-order valence-corrected chi connectivity index (χ3v) is 0.525. The van der Waals surface area contributed by atoms with E-state index in [4.69, 9.17) is 0 Å². The van der Waals surface area contributed by atoms with Gasteiger partial charge in [0.1, 0.15) is 0 Å². The summed E-state index contributed by atoms with van der Waals surface area (Å²) in [6, 6.07) is 0. The van der Waals surface area contributed by atoms with Crippen molar-refractivity contribution in [2.45, 2.75) is 0 Å². The van der Waals surface area contributed by atoms with Gasteiger partial charge in [-0.25, -0.2) is 0 Å². The minimum Gasteiger partial charge on any atom is -0.483 e. The highest BCUT2D eigenvalue weighted by Crippen LogP contribution is 1.75. The van der Waals surface area contributed by atoms with Crippen LogP contribution in [0.25, 0.3) is 0 Å². The van der Waals surface area contributed by atoms with E-state index < -0.39 is 0 Å². The average molecular weight is 87.1 g/mol. The van der Waals surface area contributed by atoms with Gasteiger partial charge in [-0.3, -0.25) is 0 Å². The van der Waals surface area contributed by atoms with E-state index in [-0.39, 0.29) is 0 Å². The predicted octanol–water partition coefficient (Wildman–Crippen LogP) is 0.323. The molecule has 0 aliphatic rings. The second-order valence-electron chi connectivity index (χ2n) is 0.877. The molecule has 0 aromatic rings. The van der Waals surface area contributed by atoms with E-state index in [1.165, 1.54) is 0 Å². The summed E-state index contributed by atoms with van der Waals surface area (Å²) in [5, 5.41) is 2.70. The molecule has 1 N–H and O–H groups in total. The summed E-state index contributed by atoms with van der Waals surface area (Å²) in [6.07, 6.45) is 0. The van der Waals surface area contributed by atoms with Crippen molar-refractivity contribution >= 4 is 0 Å². The molecule has 0 saturated heterocycles. The van der Waals surface area contributed by atoms with Crippen molar-refractivity contribution in [2.24, 2.45) is 0 Å². The van der Waals surface area contributed by atoms with Crippen molar-refractivity contribution < 1.29 is 4.74 Å². The molecule has 0 amide bonds. The van der Waals surface area contributed by atoms with Crippen LogP contribution in [0.5, 0.6) is 0 Å². The van der Waals surface area contributed by atoms with Crippen LogP contribution in [0.1, 0.15) is 0 Å². The Morgan fingerprint density at radius 2 is 2.33 bits per heavy atom. The fourth-order valence-corrected chi connectivity index (χ4v) is 0.102. The van der Waals surface area contributed by atoms with Gasteiger partial charge in [0.05, 0.1) is 7.11 Å². The maximum absolute atomic E-state index is 4.59. The summed E-state index contributed by atoms with van der Waals surface area (Å²) in [6.45, 7) is 3.46. The largest absolute Gasteiger partial charge is 0.483 e. The lowest BCUT2D eigenvalue weighted by Gasteiger charge is -1.97. The number of methoxy groups -OCH3 is 1. The fraction of sp³-hybridized carbons (Fsp3) is 0.500. The lowest BCUT2D eigenvalue weighted by atomic mass is 10.9. The van der Waals surface area contributed by atoms with Gasteiger partial charge in [0.25, 0.3) is 0 Å². The predicted molar refractivity (Wildman–Crippen MR) is 25.2 cm³/mol. The van der Waals surface area contributed by atoms with Gasteiger partial charge < -0.3 is 10.1 Å². The van der Waals surface area contributed by atoms with Gasteiger partial charge in [-0.1, -0.05) is 0 Å². The molecule has 0 fully saturated rings. The zero-order chi connectivity index (χ0) is 4.99. The molecule has 36 valence electrons. The molecule has 0 unspecified atom stereocenters. The Balaban J connectivity index is 2.99. The molecule has 6 heavy (non-hydrogen) atoms. The lowest BCUT2D eigenvalue weighted by molar-refractivity contribution is 0.270. The van der Waals surface area contributed by atoms with Crippen molar-refractivity contribution in [1.82, 2.24) is 5.32 Å². The van der Waals surface area contributed by atoms with Gasteiger partial charge in [0, 0.05) is 7.05 Å². The molecule has 0 heterocycles. The molecule has 0 bridgehead atoms. The standard InChI is InChI=1S/C4H9NO/c1-4(5-2)6-3/h5H,1H2,2-3H3. The first-order valence-corrected chi connectivity index (χ1v) is 1.72. The van der Waals surface area contributed by atoms with Crippen LogP contribution in [0.3, 0.4) is 0 Å². The average Bonchev–Trinajstić information content (AvgIpc) is 1.65. The summed E-state index contributed by atoms with van der Waals surface area (Å²) in [5.41, 5.74) is 0. The minimum absolute atomic E-state index is 0.593. The van der Waals surface area contributed by atoms with E-state index in [0.717, 1.165) is 0 Å². The Hall–Kier alpha value is -0.660. The molecule has 0 radical (unpaired) electrons. The Labute approximate surface area is 37.8 Å². The van der Waals surface area contributed by atoms with Gasteiger partial charge >= 0.3 is 0 Å². The fourth-order valence-electron chi connectivity index (χ4n) is 0.102. The second kappa shape index (κ2) is 2.57. The smallest absolute Gasteiger partial charge is 0.178 e. The van der Waals surface area contributed by atoms with Crippen LogP contribution in [0.15, 0.2) is 12.5 Å². The molecule has 0 atom stereocenters. The highest BCUT2D eigenvalue weighted by molar-refractivity contribution is 4.73. The molecule has 0 aliphatic heterocycles. The van der Waals surface area contributed by atoms with E-state index >= 15 is 0 Å². The molecule has 0 rings (SSSR count). The monoisotopic (exact) mass is 87.1 g/mol. The first-order valence-electron chi connectivity index (χ1n) is 1.72. The summed E-state index contributed by atoms with van der Waals surface area (Å²) < 4.78 is 4.59. The third-order valence-electron chi connectivity index (χ3n) is 0.525. The Morgan fingerprint density at radius 1 is 1.83 bits per heavy atom. The number of hydrogen-bond acceptors (Lipinski definition) is 2. The zero-order valence-corrected chi connectivity index (χ0v) is 4.12. The first kappa shape index (κ1) is 5.34. The minimum atomic E-state index is 0.593. The third kappa shape index (κ3) is 1.64. The van der Waals surface area contributed by atoms with Crippen molar-refractivity contribution in [3.05, 3.63) is 12.5 Å². The van der Waals surface area contributed by atoms with Gasteiger partial charge in [-0.2, -0.15) is 0 Å². The Bertz CT molecular complexity index is 45.5. The normalized spacial score (nSPS) is 7.00. The number of hydrogen-bond donors (Lipinski definition) is 1. The molecule has 0 aliphatic carbocycles. The summed E-state index contributed by atoms with van der Waals surface area (Å²) in [5.74, 6) is 0.593. The van der Waals surface area contributed by atoms with E-state index in [9.17, 15) is 0 Å². The molecular formula is C4H9NO. The van der Waals surface area contributed by atoms with E-state index in [2.05, 4.69) is 16.6 Å². The zero-order valence-electron chi connectivity index (χ0n) is 4.12. The molecule has 2 nitrogen and oxygen atoms in total. The number of ether oxygens (including phenoxy) is 1. The topological polar surface area (TPSA) is 21.3 Å². The van der Waals surface area contributed by atoms with E-state index in [1.54, 1.807) is 14.2 Å². The summed E-state index contributed by atoms with van der Waals surface area (Å²) >= 11 is 0. The Kier molecular flexibility index (Phi) is 2.29. The van der Waals surface area contributed by atoms with Crippen molar-refractivity contribution in [1.29, 1.82) is 0 Å². The highest BCUT2D eigenvalue weighted by atomic mass is 16.5. The second-order valence-corrected chi connectivity index (χ2v) is 0.877. The van der Waals surface area contributed by atoms with Gasteiger partial charge in [-0.05, 0) is 6.58 Å². The molecule has 0 spiro atoms. The van der Waals surface area contributed by atoms with E-state index in [1.807, 2.05) is 0 Å². The van der Waals surface area contributed by atoms with Crippen molar-refractivity contribution in [2.75, 3.05) is 14.2 Å². The maximum atomic E-state index is 4.59. The van der Waals surface area contributed by atoms with Crippen LogP contribution in [0, 0.1) is 0 Å². The molecule has 0 saturated carbocycles.